The Morgan fingerprint density at radius 1 is 1.39 bits per heavy atom. The van der Waals surface area contributed by atoms with E-state index in [1.54, 1.807) is 7.11 Å². The molecular weight excluding hydrogens is 226 g/mol. The molecule has 3 rings (SSSR count). The largest absolute Gasteiger partial charge is 0.497 e. The van der Waals surface area contributed by atoms with Crippen molar-refractivity contribution in [3.05, 3.63) is 29.3 Å². The van der Waals surface area contributed by atoms with E-state index in [1.165, 1.54) is 11.1 Å². The second-order valence-corrected chi connectivity index (χ2v) is 5.30. The zero-order chi connectivity index (χ0) is 12.7. The first-order chi connectivity index (χ1) is 8.70. The summed E-state index contributed by atoms with van der Waals surface area (Å²) in [6, 6.07) is 6.39. The Morgan fingerprint density at radius 3 is 2.83 bits per heavy atom. The van der Waals surface area contributed by atoms with Crippen LogP contribution in [0.3, 0.4) is 0 Å². The predicted molar refractivity (Wildman–Crippen MR) is 69.6 cm³/mol. The van der Waals surface area contributed by atoms with E-state index in [-0.39, 0.29) is 6.04 Å². The van der Waals surface area contributed by atoms with Crippen LogP contribution in [0.1, 0.15) is 36.9 Å². The van der Waals surface area contributed by atoms with Gasteiger partial charge in [0.1, 0.15) is 5.75 Å². The monoisotopic (exact) mass is 245 g/mol. The van der Waals surface area contributed by atoms with Gasteiger partial charge in [0, 0.05) is 12.5 Å². The number of methoxy groups -OCH3 is 1. The zero-order valence-corrected chi connectivity index (χ0v) is 11.0. The fourth-order valence-corrected chi connectivity index (χ4v) is 2.78. The summed E-state index contributed by atoms with van der Waals surface area (Å²) in [6.07, 6.45) is 3.11. The number of ether oxygens (including phenoxy) is 1. The molecule has 0 N–H and O–H groups in total. The van der Waals surface area contributed by atoms with Gasteiger partial charge in [-0.1, -0.05) is 6.07 Å². The maximum absolute atomic E-state index is 12.2. The molecule has 1 aromatic rings. The molecule has 1 aliphatic carbocycles. The fraction of sp³-hybridized carbons (Fsp3) is 0.533. The van der Waals surface area contributed by atoms with Gasteiger partial charge in [-0.15, -0.1) is 0 Å². The molecular formula is C15H19NO2. The fourth-order valence-electron chi connectivity index (χ4n) is 2.78. The number of nitrogens with zero attached hydrogens (tertiary/aromatic N) is 1. The van der Waals surface area contributed by atoms with Gasteiger partial charge in [0.25, 0.3) is 0 Å². The van der Waals surface area contributed by atoms with Gasteiger partial charge in [0.2, 0.25) is 5.91 Å². The van der Waals surface area contributed by atoms with Crippen LogP contribution in [0.2, 0.25) is 0 Å². The summed E-state index contributed by atoms with van der Waals surface area (Å²) in [5.41, 5.74) is 2.60. The molecule has 0 saturated heterocycles. The lowest BCUT2D eigenvalue weighted by Crippen LogP contribution is -2.39. The Bertz CT molecular complexity index is 479. The van der Waals surface area contributed by atoms with Crippen LogP contribution in [-0.4, -0.2) is 24.5 Å². The lowest BCUT2D eigenvalue weighted by atomic mass is 9.93. The molecule has 1 saturated carbocycles. The summed E-state index contributed by atoms with van der Waals surface area (Å²) in [5.74, 6) is 1.52. The molecule has 1 unspecified atom stereocenters. The third kappa shape index (κ3) is 1.88. The molecule has 1 amide bonds. The van der Waals surface area contributed by atoms with Crippen molar-refractivity contribution in [2.45, 2.75) is 32.2 Å². The molecule has 1 heterocycles. The third-order valence-electron chi connectivity index (χ3n) is 4.10. The lowest BCUT2D eigenvalue weighted by Gasteiger charge is -2.35. The summed E-state index contributed by atoms with van der Waals surface area (Å²) in [6.45, 7) is 2.98. The molecule has 0 aromatic heterocycles. The number of rotatable bonds is 2. The molecule has 1 aliphatic heterocycles. The quantitative estimate of drug-likeness (QED) is 0.801. The van der Waals surface area contributed by atoms with Crippen LogP contribution in [0, 0.1) is 5.92 Å². The van der Waals surface area contributed by atoms with E-state index in [9.17, 15) is 4.79 Å². The average Bonchev–Trinajstić information content (AvgIpc) is 3.22. The Hall–Kier alpha value is -1.51. The Kier molecular flexibility index (Phi) is 2.77. The van der Waals surface area contributed by atoms with Gasteiger partial charge in [0.05, 0.1) is 13.2 Å². The zero-order valence-electron chi connectivity index (χ0n) is 11.0. The summed E-state index contributed by atoms with van der Waals surface area (Å²) >= 11 is 0. The molecule has 3 nitrogen and oxygen atoms in total. The Balaban J connectivity index is 1.89. The first kappa shape index (κ1) is 11.6. The van der Waals surface area contributed by atoms with Crippen molar-refractivity contribution >= 4 is 5.91 Å². The van der Waals surface area contributed by atoms with Crippen LogP contribution in [0.25, 0.3) is 0 Å². The minimum Gasteiger partial charge on any atom is -0.497 e. The first-order valence-corrected chi connectivity index (χ1v) is 6.68. The highest BCUT2D eigenvalue weighted by Gasteiger charge is 2.37. The second-order valence-electron chi connectivity index (χ2n) is 5.30. The van der Waals surface area contributed by atoms with Crippen molar-refractivity contribution in [2.24, 2.45) is 5.92 Å². The number of hydrogen-bond acceptors (Lipinski definition) is 2. The van der Waals surface area contributed by atoms with Crippen LogP contribution in [0.15, 0.2) is 18.2 Å². The van der Waals surface area contributed by atoms with Gasteiger partial charge >= 0.3 is 0 Å². The number of carbonyl (C=O) groups is 1. The van der Waals surface area contributed by atoms with E-state index in [1.807, 2.05) is 11.0 Å². The second kappa shape index (κ2) is 4.30. The van der Waals surface area contributed by atoms with E-state index in [0.29, 0.717) is 11.8 Å². The minimum atomic E-state index is 0.178. The van der Waals surface area contributed by atoms with Crippen molar-refractivity contribution in [3.8, 4) is 5.75 Å². The summed E-state index contributed by atoms with van der Waals surface area (Å²) in [4.78, 5) is 14.3. The molecule has 0 spiro atoms. The highest BCUT2D eigenvalue weighted by Crippen LogP contribution is 2.37. The van der Waals surface area contributed by atoms with Crippen molar-refractivity contribution in [2.75, 3.05) is 13.7 Å². The van der Waals surface area contributed by atoms with Gasteiger partial charge < -0.3 is 9.64 Å². The molecule has 96 valence electrons. The molecule has 1 fully saturated rings. The van der Waals surface area contributed by atoms with Crippen molar-refractivity contribution in [1.29, 1.82) is 0 Å². The predicted octanol–water partition coefficient (Wildman–Crippen LogP) is 2.55. The van der Waals surface area contributed by atoms with Gasteiger partial charge in [-0.2, -0.15) is 0 Å². The van der Waals surface area contributed by atoms with E-state index in [0.717, 1.165) is 31.6 Å². The average molecular weight is 245 g/mol. The SMILES string of the molecule is COc1ccc2c(c1)C(C)N(C(=O)C1CC1)CC2. The highest BCUT2D eigenvalue weighted by atomic mass is 16.5. The molecule has 18 heavy (non-hydrogen) atoms. The van der Waals surface area contributed by atoms with E-state index in [2.05, 4.69) is 19.1 Å². The van der Waals surface area contributed by atoms with Gasteiger partial charge in [-0.05, 0) is 49.4 Å². The topological polar surface area (TPSA) is 29.5 Å². The number of benzene rings is 1. The van der Waals surface area contributed by atoms with E-state index < -0.39 is 0 Å². The Labute approximate surface area is 108 Å². The van der Waals surface area contributed by atoms with Crippen LogP contribution in [-0.2, 0) is 11.2 Å². The molecule has 3 heteroatoms. The van der Waals surface area contributed by atoms with Crippen LogP contribution in [0.4, 0.5) is 0 Å². The molecule has 0 bridgehead atoms. The third-order valence-corrected chi connectivity index (χ3v) is 4.10. The number of carbonyl (C=O) groups excluding carboxylic acids is 1. The standard InChI is InChI=1S/C15H19NO2/c1-10-14-9-13(18-2)6-5-11(14)7-8-16(10)15(17)12-3-4-12/h5-6,9-10,12H,3-4,7-8H2,1-2H3. The number of hydrogen-bond donors (Lipinski definition) is 0. The van der Waals surface area contributed by atoms with Crippen LogP contribution < -0.4 is 4.74 Å². The maximum atomic E-state index is 12.2. The van der Waals surface area contributed by atoms with Crippen molar-refractivity contribution in [1.82, 2.24) is 4.90 Å². The van der Waals surface area contributed by atoms with Crippen molar-refractivity contribution in [3.63, 3.8) is 0 Å². The van der Waals surface area contributed by atoms with E-state index in [4.69, 9.17) is 4.74 Å². The summed E-state index contributed by atoms with van der Waals surface area (Å²) in [7, 11) is 1.68. The molecule has 2 aliphatic rings. The van der Waals surface area contributed by atoms with Crippen LogP contribution >= 0.6 is 0 Å². The van der Waals surface area contributed by atoms with E-state index >= 15 is 0 Å². The van der Waals surface area contributed by atoms with Crippen molar-refractivity contribution < 1.29 is 9.53 Å². The van der Waals surface area contributed by atoms with Gasteiger partial charge in [-0.3, -0.25) is 4.79 Å². The summed E-state index contributed by atoms with van der Waals surface area (Å²) in [5, 5.41) is 0. The summed E-state index contributed by atoms with van der Waals surface area (Å²) < 4.78 is 5.28. The van der Waals surface area contributed by atoms with Crippen LogP contribution in [0.5, 0.6) is 5.75 Å². The normalized spacial score (nSPS) is 22.6. The maximum Gasteiger partial charge on any atom is 0.226 e. The Morgan fingerprint density at radius 2 is 2.17 bits per heavy atom. The highest BCUT2D eigenvalue weighted by molar-refractivity contribution is 5.81. The molecule has 1 atom stereocenters. The molecule has 1 aromatic carbocycles. The van der Waals surface area contributed by atoms with Gasteiger partial charge in [0.15, 0.2) is 0 Å². The number of amides is 1. The first-order valence-electron chi connectivity index (χ1n) is 6.68. The minimum absolute atomic E-state index is 0.178. The van der Waals surface area contributed by atoms with Gasteiger partial charge in [-0.25, -0.2) is 0 Å². The smallest absolute Gasteiger partial charge is 0.226 e. The lowest BCUT2D eigenvalue weighted by molar-refractivity contribution is -0.135. The number of fused-ring (bicyclic) bond motifs is 1. The molecule has 0 radical (unpaired) electrons.